The number of hydrogen-bond donors (Lipinski definition) is 2. The molecule has 0 atom stereocenters. The predicted octanol–water partition coefficient (Wildman–Crippen LogP) is 1.11. The number of nitrogens with one attached hydrogen (secondary N) is 1. The number of rotatable bonds is 7. The Balaban J connectivity index is 1.72. The number of piperidine rings is 1. The third-order valence-electron chi connectivity index (χ3n) is 5.54. The molecular weight excluding hydrogens is 388 g/mol. The molecule has 0 bridgehead atoms. The molecule has 1 aromatic rings. The van der Waals surface area contributed by atoms with Crippen LogP contribution in [0.5, 0.6) is 0 Å². The quantitative estimate of drug-likeness (QED) is 0.689. The summed E-state index contributed by atoms with van der Waals surface area (Å²) in [5.74, 6) is -2.11. The second kappa shape index (κ2) is 9.71. The Morgan fingerprint density at radius 3 is 2.57 bits per heavy atom. The molecule has 9 nitrogen and oxygen atoms in total. The molecule has 9 heteroatoms. The van der Waals surface area contributed by atoms with Crippen molar-refractivity contribution in [2.75, 3.05) is 51.6 Å². The number of aliphatic carboxylic acids is 1. The van der Waals surface area contributed by atoms with Crippen molar-refractivity contribution in [2.24, 2.45) is 0 Å². The van der Waals surface area contributed by atoms with Crippen LogP contribution in [0.1, 0.15) is 46.4 Å². The van der Waals surface area contributed by atoms with E-state index in [2.05, 4.69) is 10.2 Å². The molecule has 2 heterocycles. The van der Waals surface area contributed by atoms with Gasteiger partial charge in [-0.3, -0.25) is 19.2 Å². The topological polar surface area (TPSA) is 110 Å². The van der Waals surface area contributed by atoms with E-state index in [1.807, 2.05) is 0 Å². The fourth-order valence-electron chi connectivity index (χ4n) is 3.78. The molecule has 0 spiro atoms. The van der Waals surface area contributed by atoms with E-state index in [4.69, 9.17) is 5.11 Å². The van der Waals surface area contributed by atoms with Gasteiger partial charge in [-0.2, -0.15) is 0 Å². The molecule has 0 aromatic heterocycles. The van der Waals surface area contributed by atoms with E-state index < -0.39 is 17.8 Å². The van der Waals surface area contributed by atoms with E-state index in [0.29, 0.717) is 17.8 Å². The summed E-state index contributed by atoms with van der Waals surface area (Å²) < 4.78 is 0. The minimum atomic E-state index is -1.05. The van der Waals surface area contributed by atoms with Crippen molar-refractivity contribution >= 4 is 29.4 Å². The SMILES string of the molecule is CN(CCN1CCCCC1)C(=O)c1ccc2c(c1)C(=O)N(CCC(=O)O)CC(=O)N2. The highest BCUT2D eigenvalue weighted by Crippen LogP contribution is 2.23. The molecule has 0 aliphatic carbocycles. The lowest BCUT2D eigenvalue weighted by Gasteiger charge is -2.28. The van der Waals surface area contributed by atoms with Crippen LogP contribution < -0.4 is 5.32 Å². The lowest BCUT2D eigenvalue weighted by atomic mass is 10.1. The van der Waals surface area contributed by atoms with Crippen molar-refractivity contribution in [1.29, 1.82) is 0 Å². The number of amides is 3. The highest BCUT2D eigenvalue weighted by Gasteiger charge is 2.28. The smallest absolute Gasteiger partial charge is 0.305 e. The third kappa shape index (κ3) is 5.35. The van der Waals surface area contributed by atoms with E-state index in [1.54, 1.807) is 24.1 Å². The zero-order chi connectivity index (χ0) is 21.7. The molecule has 30 heavy (non-hydrogen) atoms. The monoisotopic (exact) mass is 416 g/mol. The molecule has 0 radical (unpaired) electrons. The third-order valence-corrected chi connectivity index (χ3v) is 5.54. The number of fused-ring (bicyclic) bond motifs is 1. The van der Waals surface area contributed by atoms with Crippen LogP contribution in [0, 0.1) is 0 Å². The standard InChI is InChI=1S/C21H28N4O5/c1-23(11-12-24-8-3-2-4-9-24)20(29)15-5-6-17-16(13-15)21(30)25(10-7-19(27)28)14-18(26)22-17/h5-6,13H,2-4,7-12,14H2,1H3,(H,22,26)(H,27,28). The maximum absolute atomic E-state index is 12.9. The number of likely N-dealkylation sites (N-methyl/N-ethyl adjacent to an activating group) is 1. The van der Waals surface area contributed by atoms with Gasteiger partial charge in [-0.05, 0) is 44.1 Å². The molecule has 2 aliphatic rings. The van der Waals surface area contributed by atoms with Gasteiger partial charge in [-0.15, -0.1) is 0 Å². The Bertz CT molecular complexity index is 835. The Labute approximate surface area is 175 Å². The predicted molar refractivity (Wildman–Crippen MR) is 110 cm³/mol. The Kier molecular flexibility index (Phi) is 7.04. The second-order valence-corrected chi connectivity index (χ2v) is 7.81. The van der Waals surface area contributed by atoms with Gasteiger partial charge in [-0.1, -0.05) is 6.42 Å². The molecule has 3 amide bonds. The molecule has 3 rings (SSSR count). The van der Waals surface area contributed by atoms with Gasteiger partial charge in [0, 0.05) is 32.2 Å². The van der Waals surface area contributed by atoms with E-state index in [9.17, 15) is 19.2 Å². The van der Waals surface area contributed by atoms with E-state index in [0.717, 1.165) is 19.6 Å². The Hall–Kier alpha value is -2.94. The molecule has 2 N–H and O–H groups in total. The van der Waals surface area contributed by atoms with Crippen molar-refractivity contribution in [2.45, 2.75) is 25.7 Å². The summed E-state index contributed by atoms with van der Waals surface area (Å²) in [4.78, 5) is 53.9. The van der Waals surface area contributed by atoms with E-state index in [1.165, 1.54) is 30.2 Å². The summed E-state index contributed by atoms with van der Waals surface area (Å²) in [6.07, 6.45) is 3.38. The van der Waals surface area contributed by atoms with Gasteiger partial charge in [0.25, 0.3) is 11.8 Å². The first kappa shape index (κ1) is 21.8. The summed E-state index contributed by atoms with van der Waals surface area (Å²) in [7, 11) is 1.74. The van der Waals surface area contributed by atoms with Crippen molar-refractivity contribution in [1.82, 2.24) is 14.7 Å². The highest BCUT2D eigenvalue weighted by atomic mass is 16.4. The number of likely N-dealkylation sites (tertiary alicyclic amines) is 1. The number of carbonyl (C=O) groups is 4. The summed E-state index contributed by atoms with van der Waals surface area (Å²) in [5.41, 5.74) is 0.884. The van der Waals surface area contributed by atoms with Crippen LogP contribution in [0.15, 0.2) is 18.2 Å². The molecule has 1 fully saturated rings. The molecule has 162 valence electrons. The lowest BCUT2D eigenvalue weighted by molar-refractivity contribution is -0.137. The lowest BCUT2D eigenvalue weighted by Crippen LogP contribution is -2.38. The number of hydrogen-bond acceptors (Lipinski definition) is 5. The van der Waals surface area contributed by atoms with Gasteiger partial charge in [0.2, 0.25) is 5.91 Å². The first-order valence-corrected chi connectivity index (χ1v) is 10.3. The highest BCUT2D eigenvalue weighted by molar-refractivity contribution is 6.10. The summed E-state index contributed by atoms with van der Waals surface area (Å²) in [6.45, 7) is 3.22. The van der Waals surface area contributed by atoms with E-state index >= 15 is 0 Å². The van der Waals surface area contributed by atoms with E-state index in [-0.39, 0.29) is 31.0 Å². The second-order valence-electron chi connectivity index (χ2n) is 7.81. The van der Waals surface area contributed by atoms with Crippen LogP contribution >= 0.6 is 0 Å². The van der Waals surface area contributed by atoms with Gasteiger partial charge >= 0.3 is 5.97 Å². The van der Waals surface area contributed by atoms with Gasteiger partial charge in [0.05, 0.1) is 17.7 Å². The van der Waals surface area contributed by atoms with Crippen molar-refractivity contribution < 1.29 is 24.3 Å². The molecule has 0 unspecified atom stereocenters. The van der Waals surface area contributed by atoms with Crippen LogP contribution in [-0.4, -0.2) is 89.8 Å². The number of carboxylic acid groups (broad SMARTS) is 1. The van der Waals surface area contributed by atoms with Gasteiger partial charge in [0.1, 0.15) is 6.54 Å². The summed E-state index contributed by atoms with van der Waals surface area (Å²) in [6, 6.07) is 4.63. The number of nitrogens with zero attached hydrogens (tertiary/aromatic N) is 3. The normalized spacial score (nSPS) is 17.2. The van der Waals surface area contributed by atoms with Crippen molar-refractivity contribution in [3.8, 4) is 0 Å². The van der Waals surface area contributed by atoms with Crippen LogP contribution in [0.25, 0.3) is 0 Å². The van der Waals surface area contributed by atoms with Crippen LogP contribution in [-0.2, 0) is 9.59 Å². The number of benzene rings is 1. The number of carboxylic acids is 1. The molecule has 2 aliphatic heterocycles. The van der Waals surface area contributed by atoms with Crippen LogP contribution in [0.3, 0.4) is 0 Å². The maximum atomic E-state index is 12.9. The molecule has 1 saturated heterocycles. The zero-order valence-corrected chi connectivity index (χ0v) is 17.2. The average Bonchev–Trinajstić information content (AvgIpc) is 2.86. The summed E-state index contributed by atoms with van der Waals surface area (Å²) in [5, 5.41) is 11.5. The number of carbonyl (C=O) groups excluding carboxylic acids is 3. The minimum absolute atomic E-state index is 0.0745. The van der Waals surface area contributed by atoms with Crippen LogP contribution in [0.4, 0.5) is 5.69 Å². The van der Waals surface area contributed by atoms with Gasteiger partial charge in [0.15, 0.2) is 0 Å². The molecule has 0 saturated carbocycles. The first-order valence-electron chi connectivity index (χ1n) is 10.3. The fourth-order valence-corrected chi connectivity index (χ4v) is 3.78. The van der Waals surface area contributed by atoms with Gasteiger partial charge in [-0.25, -0.2) is 0 Å². The largest absolute Gasteiger partial charge is 0.481 e. The summed E-state index contributed by atoms with van der Waals surface area (Å²) >= 11 is 0. The maximum Gasteiger partial charge on any atom is 0.305 e. The average molecular weight is 416 g/mol. The van der Waals surface area contributed by atoms with Crippen LogP contribution in [0.2, 0.25) is 0 Å². The van der Waals surface area contributed by atoms with Gasteiger partial charge < -0.3 is 25.1 Å². The zero-order valence-electron chi connectivity index (χ0n) is 17.2. The van der Waals surface area contributed by atoms with Crippen molar-refractivity contribution in [3.63, 3.8) is 0 Å². The fraction of sp³-hybridized carbons (Fsp3) is 0.524. The number of anilines is 1. The Morgan fingerprint density at radius 2 is 1.87 bits per heavy atom. The van der Waals surface area contributed by atoms with Crippen molar-refractivity contribution in [3.05, 3.63) is 29.3 Å². The minimum Gasteiger partial charge on any atom is -0.481 e. The molecule has 1 aromatic carbocycles. The Morgan fingerprint density at radius 1 is 1.13 bits per heavy atom. The molecular formula is C21H28N4O5. The first-order chi connectivity index (χ1) is 14.3.